The Morgan fingerprint density at radius 1 is 0.926 bits per heavy atom. The molecule has 0 aliphatic rings. The molecule has 0 aromatic heterocycles. The van der Waals surface area contributed by atoms with Gasteiger partial charge in [0.1, 0.15) is 0 Å². The Morgan fingerprint density at radius 2 is 1.52 bits per heavy atom. The zero-order chi connectivity index (χ0) is 20.2. The molecule has 0 fully saturated rings. The lowest BCUT2D eigenvalue weighted by molar-refractivity contribution is -0.117. The Bertz CT molecular complexity index is 1020. The van der Waals surface area contributed by atoms with E-state index in [1.807, 2.05) is 0 Å². The second-order valence-electron chi connectivity index (χ2n) is 5.96. The molecule has 8 nitrogen and oxygen atoms in total. The minimum atomic E-state index is -3.85. The fourth-order valence-corrected chi connectivity index (χ4v) is 4.32. The lowest BCUT2D eigenvalue weighted by Gasteiger charge is -2.16. The average molecular weight is 412 g/mol. The molecule has 0 bridgehead atoms. The molecule has 2 aromatic rings. The van der Waals surface area contributed by atoms with Crippen molar-refractivity contribution in [2.45, 2.75) is 22.8 Å². The molecule has 0 unspecified atom stereocenters. The number of carbonyl (C=O) groups is 1. The molecule has 0 saturated heterocycles. The van der Waals surface area contributed by atoms with Gasteiger partial charge in [-0.05, 0) is 37.3 Å². The number of nitrogens with zero attached hydrogens (tertiary/aromatic N) is 1. The maximum atomic E-state index is 12.3. The van der Waals surface area contributed by atoms with Gasteiger partial charge < -0.3 is 5.32 Å². The average Bonchev–Trinajstić information content (AvgIpc) is 2.62. The third-order valence-corrected chi connectivity index (χ3v) is 7.03. The first-order valence-electron chi connectivity index (χ1n) is 7.95. The molecule has 146 valence electrons. The summed E-state index contributed by atoms with van der Waals surface area (Å²) in [5.74, 6) is -0.617. The molecule has 27 heavy (non-hydrogen) atoms. The highest BCUT2D eigenvalue weighted by Gasteiger charge is 2.23. The lowest BCUT2D eigenvalue weighted by atomic mass is 10.3. The molecular formula is C17H21N3O5S2. The van der Waals surface area contributed by atoms with E-state index in [4.69, 9.17) is 0 Å². The molecule has 0 aliphatic heterocycles. The van der Waals surface area contributed by atoms with Gasteiger partial charge in [0.05, 0.1) is 15.8 Å². The lowest BCUT2D eigenvalue weighted by Crippen LogP contribution is -2.41. The smallest absolute Gasteiger partial charge is 0.242 e. The molecule has 2 N–H and O–H groups in total. The molecule has 0 spiro atoms. The van der Waals surface area contributed by atoms with Gasteiger partial charge in [-0.3, -0.25) is 4.79 Å². The first-order chi connectivity index (χ1) is 12.5. The Hall–Kier alpha value is -2.27. The first kappa shape index (κ1) is 21.0. The number of sulfonamides is 2. The van der Waals surface area contributed by atoms with E-state index >= 15 is 0 Å². The van der Waals surface area contributed by atoms with Crippen LogP contribution in [-0.2, 0) is 24.8 Å². The molecule has 10 heteroatoms. The standard InChI is InChI=1S/C17H21N3O5S2/c1-13(19-26(22,23)15-9-5-4-6-10-15)17(21)18-14-8-7-11-16(12-14)27(24,25)20(2)3/h4-13,19H,1-3H3,(H,18,21)/t13-/m0/s1. The largest absolute Gasteiger partial charge is 0.325 e. The van der Waals surface area contributed by atoms with Crippen LogP contribution < -0.4 is 10.0 Å². The van der Waals surface area contributed by atoms with E-state index in [1.165, 1.54) is 57.4 Å². The van der Waals surface area contributed by atoms with E-state index in [0.717, 1.165) is 4.31 Å². The van der Waals surface area contributed by atoms with Crippen LogP contribution in [0.1, 0.15) is 6.92 Å². The molecule has 1 amide bonds. The zero-order valence-electron chi connectivity index (χ0n) is 15.1. The third kappa shape index (κ3) is 5.13. The van der Waals surface area contributed by atoms with E-state index in [0.29, 0.717) is 0 Å². The second-order valence-corrected chi connectivity index (χ2v) is 9.83. The maximum absolute atomic E-state index is 12.3. The van der Waals surface area contributed by atoms with Crippen molar-refractivity contribution in [3.63, 3.8) is 0 Å². The van der Waals surface area contributed by atoms with E-state index in [9.17, 15) is 21.6 Å². The van der Waals surface area contributed by atoms with Gasteiger partial charge in [-0.2, -0.15) is 4.72 Å². The van der Waals surface area contributed by atoms with E-state index in [-0.39, 0.29) is 15.5 Å². The quantitative estimate of drug-likeness (QED) is 0.712. The molecule has 0 aliphatic carbocycles. The number of carbonyl (C=O) groups excluding carboxylic acids is 1. The highest BCUT2D eigenvalue weighted by atomic mass is 32.2. The highest BCUT2D eigenvalue weighted by Crippen LogP contribution is 2.18. The van der Waals surface area contributed by atoms with Crippen LogP contribution >= 0.6 is 0 Å². The Morgan fingerprint density at radius 3 is 2.11 bits per heavy atom. The summed E-state index contributed by atoms with van der Waals surface area (Å²) in [7, 11) is -4.70. The van der Waals surface area contributed by atoms with Gasteiger partial charge in [0.25, 0.3) is 0 Å². The predicted octanol–water partition coefficient (Wildman–Crippen LogP) is 1.24. The third-order valence-electron chi connectivity index (χ3n) is 3.66. The number of hydrogen-bond acceptors (Lipinski definition) is 5. The number of hydrogen-bond donors (Lipinski definition) is 2. The fraction of sp³-hybridized carbons (Fsp3) is 0.235. The van der Waals surface area contributed by atoms with Gasteiger partial charge in [0.2, 0.25) is 26.0 Å². The Balaban J connectivity index is 2.13. The molecule has 2 rings (SSSR count). The Labute approximate surface area is 159 Å². The van der Waals surface area contributed by atoms with Crippen molar-refractivity contribution in [2.24, 2.45) is 0 Å². The summed E-state index contributed by atoms with van der Waals surface area (Å²) in [4.78, 5) is 12.4. The zero-order valence-corrected chi connectivity index (χ0v) is 16.7. The van der Waals surface area contributed by atoms with Crippen molar-refractivity contribution < 1.29 is 21.6 Å². The fourth-order valence-electron chi connectivity index (χ4n) is 2.15. The van der Waals surface area contributed by atoms with Gasteiger partial charge in [-0.15, -0.1) is 0 Å². The van der Waals surface area contributed by atoms with Crippen molar-refractivity contribution >= 4 is 31.6 Å². The predicted molar refractivity (Wildman–Crippen MR) is 102 cm³/mol. The highest BCUT2D eigenvalue weighted by molar-refractivity contribution is 7.89. The van der Waals surface area contributed by atoms with Crippen LogP contribution in [0.5, 0.6) is 0 Å². The van der Waals surface area contributed by atoms with Crippen molar-refractivity contribution in [2.75, 3.05) is 19.4 Å². The van der Waals surface area contributed by atoms with Crippen LogP contribution in [0.15, 0.2) is 64.4 Å². The summed E-state index contributed by atoms with van der Waals surface area (Å²) in [5, 5.41) is 2.52. The number of anilines is 1. The molecule has 2 aromatic carbocycles. The van der Waals surface area contributed by atoms with Crippen molar-refractivity contribution in [1.29, 1.82) is 0 Å². The minimum absolute atomic E-state index is 0.0165. The van der Waals surface area contributed by atoms with E-state index < -0.39 is 32.0 Å². The van der Waals surface area contributed by atoms with E-state index in [1.54, 1.807) is 18.2 Å². The summed E-state index contributed by atoms with van der Waals surface area (Å²) in [6.07, 6.45) is 0. The summed E-state index contributed by atoms with van der Waals surface area (Å²) in [6.45, 7) is 1.40. The van der Waals surface area contributed by atoms with Crippen molar-refractivity contribution in [3.05, 3.63) is 54.6 Å². The first-order valence-corrected chi connectivity index (χ1v) is 10.9. The number of rotatable bonds is 7. The summed E-state index contributed by atoms with van der Waals surface area (Å²) in [5.41, 5.74) is 0.244. The van der Waals surface area contributed by atoms with Gasteiger partial charge >= 0.3 is 0 Å². The molecule has 0 heterocycles. The number of amides is 1. The SMILES string of the molecule is C[C@H](NS(=O)(=O)c1ccccc1)C(=O)Nc1cccc(S(=O)(=O)N(C)C)c1. The van der Waals surface area contributed by atoms with Gasteiger partial charge in [-0.1, -0.05) is 24.3 Å². The van der Waals surface area contributed by atoms with Crippen LogP contribution in [0.2, 0.25) is 0 Å². The molecule has 0 saturated carbocycles. The second kappa shape index (κ2) is 8.17. The van der Waals surface area contributed by atoms with Crippen LogP contribution in [0, 0.1) is 0 Å². The summed E-state index contributed by atoms with van der Waals surface area (Å²) in [6, 6.07) is 12.3. The molecular weight excluding hydrogens is 390 g/mol. The maximum Gasteiger partial charge on any atom is 0.242 e. The van der Waals surface area contributed by atoms with Crippen LogP contribution in [0.25, 0.3) is 0 Å². The van der Waals surface area contributed by atoms with Crippen LogP contribution in [-0.4, -0.2) is 47.2 Å². The van der Waals surface area contributed by atoms with E-state index in [2.05, 4.69) is 10.0 Å². The molecule has 0 radical (unpaired) electrons. The minimum Gasteiger partial charge on any atom is -0.325 e. The van der Waals surface area contributed by atoms with Crippen LogP contribution in [0.4, 0.5) is 5.69 Å². The summed E-state index contributed by atoms with van der Waals surface area (Å²) < 4.78 is 52.3. The van der Waals surface area contributed by atoms with Crippen molar-refractivity contribution in [3.8, 4) is 0 Å². The Kier molecular flexibility index (Phi) is 6.37. The number of benzene rings is 2. The van der Waals surface area contributed by atoms with Gasteiger partial charge in [0, 0.05) is 19.8 Å². The van der Waals surface area contributed by atoms with Gasteiger partial charge in [0.15, 0.2) is 0 Å². The van der Waals surface area contributed by atoms with Gasteiger partial charge in [-0.25, -0.2) is 21.1 Å². The van der Waals surface area contributed by atoms with Crippen LogP contribution in [0.3, 0.4) is 0 Å². The topological polar surface area (TPSA) is 113 Å². The summed E-state index contributed by atoms with van der Waals surface area (Å²) >= 11 is 0. The normalized spacial score (nSPS) is 13.3. The monoisotopic (exact) mass is 411 g/mol. The number of nitrogens with one attached hydrogen (secondary N) is 2. The molecule has 1 atom stereocenters. The van der Waals surface area contributed by atoms with Crippen molar-refractivity contribution in [1.82, 2.24) is 9.03 Å².